The predicted molar refractivity (Wildman–Crippen MR) is 167 cm³/mol. The van der Waals surface area contributed by atoms with E-state index in [9.17, 15) is 23.7 Å². The Morgan fingerprint density at radius 1 is 1.02 bits per heavy atom. The molecule has 4 N–H and O–H groups in total. The van der Waals surface area contributed by atoms with Crippen LogP contribution in [-0.4, -0.2) is 73.0 Å². The maximum atomic E-state index is 13.5. The first-order valence-electron chi connectivity index (χ1n) is 14.3. The third-order valence-electron chi connectivity index (χ3n) is 6.83. The minimum absolute atomic E-state index is 0.0527. The van der Waals surface area contributed by atoms with Gasteiger partial charge in [0.15, 0.2) is 5.82 Å². The van der Waals surface area contributed by atoms with Crippen molar-refractivity contribution in [2.24, 2.45) is 0 Å². The van der Waals surface area contributed by atoms with Gasteiger partial charge in [0.05, 0.1) is 12.0 Å². The van der Waals surface area contributed by atoms with Gasteiger partial charge in [0.2, 0.25) is 6.79 Å². The number of anilines is 2. The number of esters is 1. The second-order valence-corrected chi connectivity index (χ2v) is 11.2. The van der Waals surface area contributed by atoms with E-state index in [-0.39, 0.29) is 30.2 Å². The third-order valence-corrected chi connectivity index (χ3v) is 7.28. The first-order valence-corrected chi connectivity index (χ1v) is 15.8. The van der Waals surface area contributed by atoms with Crippen LogP contribution in [0.2, 0.25) is 0 Å². The lowest BCUT2D eigenvalue weighted by Crippen LogP contribution is -2.37. The molecule has 0 aliphatic rings. The van der Waals surface area contributed by atoms with Crippen molar-refractivity contribution in [3.05, 3.63) is 82.8 Å². The molecule has 0 aliphatic carbocycles. The average molecular weight is 669 g/mol. The van der Waals surface area contributed by atoms with Gasteiger partial charge in [0.1, 0.15) is 17.6 Å². The minimum atomic E-state index is -4.72. The highest BCUT2D eigenvalue weighted by Crippen LogP contribution is 2.37. The van der Waals surface area contributed by atoms with Crippen molar-refractivity contribution < 1.29 is 47.5 Å². The number of imide groups is 1. The van der Waals surface area contributed by atoms with E-state index in [4.69, 9.17) is 19.3 Å². The Kier molecular flexibility index (Phi) is 10.9. The van der Waals surface area contributed by atoms with Crippen molar-refractivity contribution in [1.29, 1.82) is 0 Å². The number of carbonyl (C=O) groups is 4. The van der Waals surface area contributed by atoms with Crippen molar-refractivity contribution in [2.75, 3.05) is 25.2 Å². The number of fused-ring (bicyclic) bond motifs is 1. The normalized spacial score (nSPS) is 11.1. The quantitative estimate of drug-likeness (QED) is 0.0966. The molecule has 4 rings (SSSR count). The molecule has 4 aromatic rings. The van der Waals surface area contributed by atoms with Crippen LogP contribution in [0.1, 0.15) is 51.3 Å². The fraction of sp³-hybridized carbons (Fsp3) is 0.267. The van der Waals surface area contributed by atoms with E-state index in [0.29, 0.717) is 40.3 Å². The van der Waals surface area contributed by atoms with Gasteiger partial charge in [-0.1, -0.05) is 18.2 Å². The summed E-state index contributed by atoms with van der Waals surface area (Å²) in [5.41, 5.74) is 3.49. The number of hydrogen-bond acceptors (Lipinski definition) is 11. The maximum Gasteiger partial charge on any atom is 0.524 e. The van der Waals surface area contributed by atoms with Crippen LogP contribution in [0.15, 0.2) is 55.0 Å². The molecule has 3 amide bonds. The standard InChI is InChI=1S/C30H33N6O10P/c1-5-31-28(38)21-10-7-18(3)24(14-21)34-27-26-19(4)23(15-36(26)33-16-32-27)29(39)35(6-2)30(40)45-17-44-25(37)13-20-8-11-22(12-9-20)46-47(41,42)43/h7-12,14-16H,5-6,13,17H2,1-4H3,(H,31,38)(H,32,33,34)(H2,41,42,43). The third kappa shape index (κ3) is 8.70. The number of carbonyl (C=O) groups excluding carboxylic acids is 4. The Morgan fingerprint density at radius 3 is 2.40 bits per heavy atom. The van der Waals surface area contributed by atoms with E-state index in [1.807, 2.05) is 13.8 Å². The molecular formula is C30H33N6O10P. The molecular weight excluding hydrogens is 635 g/mol. The largest absolute Gasteiger partial charge is 0.524 e. The van der Waals surface area contributed by atoms with Gasteiger partial charge in [0.25, 0.3) is 11.8 Å². The van der Waals surface area contributed by atoms with E-state index in [2.05, 4.69) is 25.2 Å². The second kappa shape index (κ2) is 14.9. The molecule has 248 valence electrons. The molecule has 17 heteroatoms. The molecule has 2 aromatic heterocycles. The number of phosphoric ester groups is 1. The molecule has 47 heavy (non-hydrogen) atoms. The zero-order valence-corrected chi connectivity index (χ0v) is 26.8. The van der Waals surface area contributed by atoms with E-state index in [0.717, 1.165) is 10.5 Å². The number of aryl methyl sites for hydroxylation is 2. The number of nitrogens with zero attached hydrogens (tertiary/aromatic N) is 4. The van der Waals surface area contributed by atoms with Gasteiger partial charge in [-0.25, -0.2) is 23.8 Å². The number of ether oxygens (including phenoxy) is 2. The van der Waals surface area contributed by atoms with E-state index in [1.165, 1.54) is 41.3 Å². The number of phosphoric acid groups is 1. The Balaban J connectivity index is 1.42. The summed E-state index contributed by atoms with van der Waals surface area (Å²) >= 11 is 0. The van der Waals surface area contributed by atoms with Crippen molar-refractivity contribution in [1.82, 2.24) is 24.8 Å². The molecule has 2 aromatic carbocycles. The van der Waals surface area contributed by atoms with Gasteiger partial charge < -0.3 is 24.6 Å². The second-order valence-electron chi connectivity index (χ2n) is 10.1. The van der Waals surface area contributed by atoms with E-state index in [1.54, 1.807) is 32.0 Å². The molecule has 0 saturated carbocycles. The molecule has 16 nitrogen and oxygen atoms in total. The Labute approximate surface area is 268 Å². The molecule has 0 aliphatic heterocycles. The van der Waals surface area contributed by atoms with Crippen molar-refractivity contribution in [3.8, 4) is 5.75 Å². The molecule has 0 unspecified atom stereocenters. The zero-order chi connectivity index (χ0) is 34.3. The SMILES string of the molecule is CCNC(=O)c1ccc(C)c(Nc2ncnn3cc(C(=O)N(CC)C(=O)OCOC(=O)Cc4ccc(OP(=O)(O)O)cc4)c(C)c23)c1. The summed E-state index contributed by atoms with van der Waals surface area (Å²) in [6, 6.07) is 10.6. The first kappa shape index (κ1) is 34.6. The first-order chi connectivity index (χ1) is 22.3. The Morgan fingerprint density at radius 2 is 1.74 bits per heavy atom. The molecule has 0 bridgehead atoms. The van der Waals surface area contributed by atoms with Crippen molar-refractivity contribution in [2.45, 2.75) is 34.1 Å². The van der Waals surface area contributed by atoms with Gasteiger partial charge >= 0.3 is 19.9 Å². The highest BCUT2D eigenvalue weighted by atomic mass is 31.2. The van der Waals surface area contributed by atoms with Crippen LogP contribution in [0.4, 0.5) is 16.3 Å². The number of amides is 3. The summed E-state index contributed by atoms with van der Waals surface area (Å²) in [4.78, 5) is 73.8. The fourth-order valence-electron chi connectivity index (χ4n) is 4.50. The van der Waals surface area contributed by atoms with Crippen LogP contribution in [0.3, 0.4) is 0 Å². The molecule has 2 heterocycles. The number of nitrogens with one attached hydrogen (secondary N) is 2. The molecule has 0 fully saturated rings. The minimum Gasteiger partial charge on any atom is -0.428 e. The summed E-state index contributed by atoms with van der Waals surface area (Å²) < 4.78 is 26.8. The molecule has 0 radical (unpaired) electrons. The topological polar surface area (TPSA) is 211 Å². The molecule has 0 saturated heterocycles. The maximum absolute atomic E-state index is 13.5. The lowest BCUT2D eigenvalue weighted by atomic mass is 10.1. The lowest BCUT2D eigenvalue weighted by Gasteiger charge is -2.18. The fourth-order valence-corrected chi connectivity index (χ4v) is 4.90. The van der Waals surface area contributed by atoms with Gasteiger partial charge in [-0.3, -0.25) is 24.2 Å². The van der Waals surface area contributed by atoms with E-state index >= 15 is 0 Å². The Hall–Kier alpha value is -5.31. The van der Waals surface area contributed by atoms with E-state index < -0.39 is 32.6 Å². The average Bonchev–Trinajstić information content (AvgIpc) is 3.36. The van der Waals surface area contributed by atoms with Crippen molar-refractivity contribution in [3.63, 3.8) is 0 Å². The predicted octanol–water partition coefficient (Wildman–Crippen LogP) is 3.65. The zero-order valence-electron chi connectivity index (χ0n) is 25.9. The van der Waals surface area contributed by atoms with Crippen LogP contribution in [0.25, 0.3) is 5.52 Å². The summed E-state index contributed by atoms with van der Waals surface area (Å²) in [6.07, 6.45) is 1.50. The number of aromatic nitrogens is 3. The highest BCUT2D eigenvalue weighted by molar-refractivity contribution is 7.46. The molecule has 0 atom stereocenters. The number of hydrogen-bond donors (Lipinski definition) is 4. The van der Waals surface area contributed by atoms with Crippen LogP contribution in [-0.2, 0) is 25.3 Å². The van der Waals surface area contributed by atoms with Crippen molar-refractivity contribution >= 4 is 48.7 Å². The highest BCUT2D eigenvalue weighted by Gasteiger charge is 2.27. The van der Waals surface area contributed by atoms with Gasteiger partial charge in [0, 0.05) is 30.5 Å². The summed E-state index contributed by atoms with van der Waals surface area (Å²) in [5, 5.41) is 10.2. The van der Waals surface area contributed by atoms with Crippen LogP contribution < -0.4 is 15.2 Å². The monoisotopic (exact) mass is 668 g/mol. The van der Waals surface area contributed by atoms with Crippen LogP contribution >= 0.6 is 7.82 Å². The van der Waals surface area contributed by atoms with Gasteiger partial charge in [-0.2, -0.15) is 5.10 Å². The number of benzene rings is 2. The van der Waals surface area contributed by atoms with Gasteiger partial charge in [-0.05, 0) is 68.7 Å². The lowest BCUT2D eigenvalue weighted by molar-refractivity contribution is -0.151. The summed E-state index contributed by atoms with van der Waals surface area (Å²) in [5.74, 6) is -1.37. The summed E-state index contributed by atoms with van der Waals surface area (Å²) in [6.45, 7) is 6.63. The molecule has 0 spiro atoms. The van der Waals surface area contributed by atoms with Crippen LogP contribution in [0, 0.1) is 13.8 Å². The van der Waals surface area contributed by atoms with Gasteiger partial charge in [-0.15, -0.1) is 0 Å². The summed E-state index contributed by atoms with van der Waals surface area (Å²) in [7, 11) is -4.72. The number of rotatable bonds is 12. The Bertz CT molecular complexity index is 1850. The van der Waals surface area contributed by atoms with Crippen LogP contribution in [0.5, 0.6) is 5.75 Å². The smallest absolute Gasteiger partial charge is 0.428 e.